The van der Waals surface area contributed by atoms with Crippen LogP contribution in [0.2, 0.25) is 0 Å². The van der Waals surface area contributed by atoms with E-state index in [-0.39, 0.29) is 36.4 Å². The van der Waals surface area contributed by atoms with E-state index in [1.165, 1.54) is 5.69 Å². The number of nitrogens with one attached hydrogen (secondary N) is 2. The predicted molar refractivity (Wildman–Crippen MR) is 136 cm³/mol. The van der Waals surface area contributed by atoms with Crippen molar-refractivity contribution in [2.45, 2.75) is 18.9 Å². The fourth-order valence-electron chi connectivity index (χ4n) is 3.72. The minimum absolute atomic E-state index is 0. The number of hydrogen-bond acceptors (Lipinski definition) is 5. The Morgan fingerprint density at radius 1 is 1.19 bits per heavy atom. The first-order valence-electron chi connectivity index (χ1n) is 11.0. The van der Waals surface area contributed by atoms with Gasteiger partial charge in [0.15, 0.2) is 5.96 Å². The Balaban J connectivity index is 0.00000341. The monoisotopic (exact) mass is 544 g/mol. The van der Waals surface area contributed by atoms with E-state index < -0.39 is 0 Å². The summed E-state index contributed by atoms with van der Waals surface area (Å²) in [6.07, 6.45) is 2.08. The van der Waals surface area contributed by atoms with Crippen LogP contribution in [0.25, 0.3) is 0 Å². The van der Waals surface area contributed by atoms with Gasteiger partial charge >= 0.3 is 0 Å². The molecule has 8 nitrogen and oxygen atoms in total. The summed E-state index contributed by atoms with van der Waals surface area (Å²) < 4.78 is 5.41. The number of carbonyl (C=O) groups is 1. The van der Waals surface area contributed by atoms with Crippen LogP contribution in [0.4, 0.5) is 5.69 Å². The standard InChI is InChI=1S/C22H36N6O2.HI/c1-26(2)21(29)17-24-22(23-10-6-11-27-13-15-30-16-14-27)25-19-9-12-28(18-19)20-7-4-3-5-8-20;/h3-5,7-8,19H,6,9-18H2,1-2H3,(H2,23,24,25);1H. The molecule has 31 heavy (non-hydrogen) atoms. The van der Waals surface area contributed by atoms with E-state index in [0.717, 1.165) is 71.3 Å². The Kier molecular flexibility index (Phi) is 11.4. The van der Waals surface area contributed by atoms with Crippen molar-refractivity contribution in [3.05, 3.63) is 30.3 Å². The fourth-order valence-corrected chi connectivity index (χ4v) is 3.72. The Hall–Kier alpha value is -1.59. The van der Waals surface area contributed by atoms with Gasteiger partial charge in [-0.25, -0.2) is 4.99 Å². The number of likely N-dealkylation sites (N-methyl/N-ethyl adjacent to an activating group) is 1. The number of aliphatic imine (C=N–C) groups is 1. The maximum absolute atomic E-state index is 12.0. The average molecular weight is 544 g/mol. The molecule has 0 spiro atoms. The zero-order valence-corrected chi connectivity index (χ0v) is 21.1. The summed E-state index contributed by atoms with van der Waals surface area (Å²) in [7, 11) is 3.52. The maximum atomic E-state index is 12.0. The van der Waals surface area contributed by atoms with Gasteiger partial charge in [-0.05, 0) is 31.5 Å². The molecule has 2 aliphatic heterocycles. The summed E-state index contributed by atoms with van der Waals surface area (Å²) in [5, 5.41) is 6.97. The largest absolute Gasteiger partial charge is 0.379 e. The number of rotatable bonds is 8. The Bertz CT molecular complexity index is 682. The average Bonchev–Trinajstić information content (AvgIpc) is 3.24. The summed E-state index contributed by atoms with van der Waals surface area (Å²) in [5.41, 5.74) is 1.25. The third-order valence-electron chi connectivity index (χ3n) is 5.57. The van der Waals surface area contributed by atoms with Crippen molar-refractivity contribution in [2.75, 3.05) is 78.0 Å². The van der Waals surface area contributed by atoms with Crippen molar-refractivity contribution in [1.82, 2.24) is 20.4 Å². The quantitative estimate of drug-likeness (QED) is 0.222. The van der Waals surface area contributed by atoms with Gasteiger partial charge in [0.2, 0.25) is 5.91 Å². The van der Waals surface area contributed by atoms with E-state index in [1.807, 2.05) is 6.07 Å². The van der Waals surface area contributed by atoms with Crippen LogP contribution in [-0.2, 0) is 9.53 Å². The van der Waals surface area contributed by atoms with E-state index >= 15 is 0 Å². The molecular formula is C22H37IN6O2. The Morgan fingerprint density at radius 3 is 2.65 bits per heavy atom. The molecule has 0 aliphatic carbocycles. The number of guanidine groups is 1. The number of benzene rings is 1. The first-order chi connectivity index (χ1) is 14.6. The van der Waals surface area contributed by atoms with E-state index in [9.17, 15) is 4.79 Å². The minimum atomic E-state index is 0. The van der Waals surface area contributed by atoms with Crippen molar-refractivity contribution in [3.63, 3.8) is 0 Å². The molecule has 1 amide bonds. The molecule has 0 radical (unpaired) electrons. The summed E-state index contributed by atoms with van der Waals surface area (Å²) >= 11 is 0. The van der Waals surface area contributed by atoms with Gasteiger partial charge < -0.3 is 25.2 Å². The van der Waals surface area contributed by atoms with Gasteiger partial charge in [-0.1, -0.05) is 18.2 Å². The van der Waals surface area contributed by atoms with E-state index in [4.69, 9.17) is 4.74 Å². The van der Waals surface area contributed by atoms with E-state index in [1.54, 1.807) is 19.0 Å². The van der Waals surface area contributed by atoms with Gasteiger partial charge in [-0.2, -0.15) is 0 Å². The number of halogens is 1. The molecule has 9 heteroatoms. The third-order valence-corrected chi connectivity index (χ3v) is 5.57. The Morgan fingerprint density at radius 2 is 1.94 bits per heavy atom. The minimum Gasteiger partial charge on any atom is -0.379 e. The molecule has 0 saturated carbocycles. The van der Waals surface area contributed by atoms with Gasteiger partial charge in [0, 0.05) is 58.5 Å². The van der Waals surface area contributed by atoms with Crippen LogP contribution >= 0.6 is 24.0 Å². The van der Waals surface area contributed by atoms with Gasteiger partial charge in [-0.3, -0.25) is 9.69 Å². The number of anilines is 1. The van der Waals surface area contributed by atoms with Crippen molar-refractivity contribution in [3.8, 4) is 0 Å². The number of morpholine rings is 1. The molecule has 2 heterocycles. The third kappa shape index (κ3) is 8.82. The lowest BCUT2D eigenvalue weighted by molar-refractivity contribution is -0.127. The highest BCUT2D eigenvalue weighted by molar-refractivity contribution is 14.0. The molecule has 174 valence electrons. The maximum Gasteiger partial charge on any atom is 0.243 e. The Labute approximate surface area is 203 Å². The molecular weight excluding hydrogens is 507 g/mol. The highest BCUT2D eigenvalue weighted by atomic mass is 127. The summed E-state index contributed by atoms with van der Waals surface area (Å²) in [6, 6.07) is 10.8. The molecule has 1 atom stereocenters. The van der Waals surface area contributed by atoms with Crippen LogP contribution in [0.1, 0.15) is 12.8 Å². The number of amides is 1. The number of nitrogens with zero attached hydrogens (tertiary/aromatic N) is 4. The molecule has 2 fully saturated rings. The van der Waals surface area contributed by atoms with Crippen LogP contribution in [0, 0.1) is 0 Å². The molecule has 2 saturated heterocycles. The number of hydrogen-bond donors (Lipinski definition) is 2. The zero-order chi connectivity index (χ0) is 21.2. The first-order valence-corrected chi connectivity index (χ1v) is 11.0. The van der Waals surface area contributed by atoms with Gasteiger partial charge in [0.05, 0.1) is 13.2 Å². The van der Waals surface area contributed by atoms with Crippen LogP contribution in [-0.4, -0.2) is 101 Å². The van der Waals surface area contributed by atoms with Crippen LogP contribution in [0.5, 0.6) is 0 Å². The predicted octanol–water partition coefficient (Wildman–Crippen LogP) is 1.23. The molecule has 1 aromatic carbocycles. The lowest BCUT2D eigenvalue weighted by Gasteiger charge is -2.26. The summed E-state index contributed by atoms with van der Waals surface area (Å²) in [4.78, 5) is 22.9. The smallest absolute Gasteiger partial charge is 0.243 e. The van der Waals surface area contributed by atoms with E-state index in [2.05, 4.69) is 49.7 Å². The van der Waals surface area contributed by atoms with Crippen molar-refractivity contribution >= 4 is 41.5 Å². The normalized spacial score (nSPS) is 19.6. The molecule has 0 aromatic heterocycles. The first kappa shape index (κ1) is 25.7. The number of para-hydroxylation sites is 1. The van der Waals surface area contributed by atoms with E-state index in [0.29, 0.717) is 6.04 Å². The molecule has 1 aromatic rings. The molecule has 3 rings (SSSR count). The van der Waals surface area contributed by atoms with Crippen molar-refractivity contribution in [2.24, 2.45) is 4.99 Å². The molecule has 2 N–H and O–H groups in total. The van der Waals surface area contributed by atoms with Crippen LogP contribution in [0.15, 0.2) is 35.3 Å². The summed E-state index contributed by atoms with van der Waals surface area (Å²) in [5.74, 6) is 0.730. The molecule has 0 bridgehead atoms. The van der Waals surface area contributed by atoms with Gasteiger partial charge in [0.25, 0.3) is 0 Å². The van der Waals surface area contributed by atoms with Crippen LogP contribution < -0.4 is 15.5 Å². The zero-order valence-electron chi connectivity index (χ0n) is 18.8. The second kappa shape index (κ2) is 13.7. The topological polar surface area (TPSA) is 72.4 Å². The number of carbonyl (C=O) groups excluding carboxylic acids is 1. The van der Waals surface area contributed by atoms with Gasteiger partial charge in [0.1, 0.15) is 6.54 Å². The highest BCUT2D eigenvalue weighted by Crippen LogP contribution is 2.19. The van der Waals surface area contributed by atoms with Crippen molar-refractivity contribution < 1.29 is 9.53 Å². The second-order valence-corrected chi connectivity index (χ2v) is 8.10. The highest BCUT2D eigenvalue weighted by Gasteiger charge is 2.23. The number of ether oxygens (including phenoxy) is 1. The second-order valence-electron chi connectivity index (χ2n) is 8.10. The summed E-state index contributed by atoms with van der Waals surface area (Å²) in [6.45, 7) is 7.65. The van der Waals surface area contributed by atoms with Crippen molar-refractivity contribution in [1.29, 1.82) is 0 Å². The lowest BCUT2D eigenvalue weighted by Crippen LogP contribution is -2.46. The lowest BCUT2D eigenvalue weighted by atomic mass is 10.2. The van der Waals surface area contributed by atoms with Crippen LogP contribution in [0.3, 0.4) is 0 Å². The fraction of sp³-hybridized carbons (Fsp3) is 0.636. The molecule has 2 aliphatic rings. The van der Waals surface area contributed by atoms with Gasteiger partial charge in [-0.15, -0.1) is 24.0 Å². The SMILES string of the molecule is CN(C)C(=O)CN=C(NCCCN1CCOCC1)NC1CCN(c2ccccc2)C1.I. The molecule has 1 unspecified atom stereocenters.